The number of hydrogen-bond donors (Lipinski definition) is 1. The summed E-state index contributed by atoms with van der Waals surface area (Å²) in [5.41, 5.74) is 0.313. The molecular weight excluding hydrogens is 416 g/mol. The van der Waals surface area contributed by atoms with Gasteiger partial charge in [0.15, 0.2) is 9.92 Å². The first-order valence-corrected chi connectivity index (χ1v) is 10.8. The summed E-state index contributed by atoms with van der Waals surface area (Å²) >= 11 is 2.57. The summed E-state index contributed by atoms with van der Waals surface area (Å²) in [6.45, 7) is 1.61. The molecule has 1 aromatic carbocycles. The van der Waals surface area contributed by atoms with Crippen LogP contribution < -0.4 is 10.5 Å². The molecule has 10 nitrogen and oxygen atoms in total. The van der Waals surface area contributed by atoms with Crippen molar-refractivity contribution in [2.24, 2.45) is 0 Å². The Morgan fingerprint density at radius 3 is 2.89 bits per heavy atom. The van der Waals surface area contributed by atoms with Gasteiger partial charge in [0.1, 0.15) is 6.54 Å². The Morgan fingerprint density at radius 1 is 1.41 bits per heavy atom. The van der Waals surface area contributed by atoms with Crippen molar-refractivity contribution in [2.45, 2.75) is 22.7 Å². The molecule has 0 aliphatic heterocycles. The quantitative estimate of drug-likeness (QED) is 0.437. The van der Waals surface area contributed by atoms with Crippen molar-refractivity contribution in [3.63, 3.8) is 0 Å². The van der Waals surface area contributed by atoms with Crippen LogP contribution >= 0.6 is 23.1 Å². The topological polar surface area (TPSA) is 133 Å². The smallest absolute Gasteiger partial charge is 0.420 e. The number of methoxy groups -OCH3 is 1. The lowest BCUT2D eigenvalue weighted by Crippen LogP contribution is -2.20. The highest BCUT2D eigenvalue weighted by Gasteiger charge is 2.20. The molecule has 0 aliphatic rings. The van der Waals surface area contributed by atoms with E-state index in [0.717, 1.165) is 21.7 Å². The Kier molecular flexibility index (Phi) is 5.53. The highest BCUT2D eigenvalue weighted by atomic mass is 32.2. The molecule has 2 aromatic heterocycles. The van der Waals surface area contributed by atoms with E-state index in [-0.39, 0.29) is 27.7 Å². The van der Waals surface area contributed by atoms with Gasteiger partial charge in [-0.3, -0.25) is 14.1 Å². The van der Waals surface area contributed by atoms with Gasteiger partial charge in [0.2, 0.25) is 5.13 Å². The number of rotatable bonds is 7. The third kappa shape index (κ3) is 4.14. The van der Waals surface area contributed by atoms with Crippen LogP contribution in [0.25, 0.3) is 11.1 Å². The molecule has 0 fully saturated rings. The summed E-state index contributed by atoms with van der Waals surface area (Å²) in [6.07, 6.45) is 0. The molecule has 0 saturated heterocycles. The first-order chi connectivity index (χ1) is 12.8. The highest BCUT2D eigenvalue weighted by molar-refractivity contribution is 8.01. The van der Waals surface area contributed by atoms with E-state index in [4.69, 9.17) is 4.42 Å². The van der Waals surface area contributed by atoms with E-state index >= 15 is 0 Å². The second-order valence-corrected chi connectivity index (χ2v) is 9.24. The Balaban J connectivity index is 1.91. The van der Waals surface area contributed by atoms with Crippen LogP contribution in [0.3, 0.4) is 0 Å². The number of thioether (sulfide) groups is 1. The van der Waals surface area contributed by atoms with Crippen LogP contribution in [0.2, 0.25) is 0 Å². The average molecular weight is 430 g/mol. The zero-order chi connectivity index (χ0) is 19.6. The molecule has 0 unspecified atom stereocenters. The van der Waals surface area contributed by atoms with Gasteiger partial charge in [-0.05, 0) is 17.9 Å². The minimum absolute atomic E-state index is 0.0336. The summed E-state index contributed by atoms with van der Waals surface area (Å²) in [6, 6.07) is 3.89. The summed E-state index contributed by atoms with van der Waals surface area (Å²) in [7, 11) is -2.75. The molecule has 0 saturated carbocycles. The number of hydrogen-bond acceptors (Lipinski definition) is 10. The van der Waals surface area contributed by atoms with E-state index in [1.54, 1.807) is 0 Å². The van der Waals surface area contributed by atoms with Crippen molar-refractivity contribution in [3.05, 3.63) is 28.7 Å². The standard InChI is InChI=1S/C14H14N4O6S3/c1-3-25-13-16-15-12(26-13)17-27(21,22)8-4-5-9-10(6-8)24-14(20)18(9)7-11(19)23-2/h4-6H,3,7H2,1-2H3,(H,15,17). The predicted octanol–water partition coefficient (Wildman–Crippen LogP) is 1.53. The minimum Gasteiger partial charge on any atom is -0.468 e. The maximum absolute atomic E-state index is 12.5. The number of fused-ring (bicyclic) bond motifs is 1. The SMILES string of the molecule is CCSc1nnc(NS(=O)(=O)c2ccc3c(c2)oc(=O)n3CC(=O)OC)s1. The number of carbonyl (C=O) groups excluding carboxylic acids is 1. The molecule has 0 spiro atoms. The number of esters is 1. The number of carbonyl (C=O) groups is 1. The fourth-order valence-corrected chi connectivity index (χ4v) is 5.06. The lowest BCUT2D eigenvalue weighted by atomic mass is 10.3. The molecule has 1 N–H and O–H groups in total. The summed E-state index contributed by atoms with van der Waals surface area (Å²) in [5, 5.41) is 7.81. The molecule has 0 radical (unpaired) electrons. The molecule has 3 aromatic rings. The largest absolute Gasteiger partial charge is 0.468 e. The van der Waals surface area contributed by atoms with Crippen LogP contribution in [-0.2, 0) is 26.1 Å². The first-order valence-electron chi connectivity index (χ1n) is 7.53. The van der Waals surface area contributed by atoms with Gasteiger partial charge in [-0.2, -0.15) is 0 Å². The zero-order valence-electron chi connectivity index (χ0n) is 14.2. The Hall–Kier alpha value is -2.38. The van der Waals surface area contributed by atoms with Gasteiger partial charge in [0.25, 0.3) is 10.0 Å². The van der Waals surface area contributed by atoms with Gasteiger partial charge in [-0.1, -0.05) is 30.0 Å². The number of benzene rings is 1. The monoisotopic (exact) mass is 430 g/mol. The Labute approximate surface area is 161 Å². The van der Waals surface area contributed by atoms with Crippen LogP contribution in [0.15, 0.2) is 36.6 Å². The van der Waals surface area contributed by atoms with Crippen molar-refractivity contribution in [3.8, 4) is 0 Å². The second-order valence-electron chi connectivity index (χ2n) is 5.07. The number of sulfonamides is 1. The van der Waals surface area contributed by atoms with Crippen LogP contribution in [0.5, 0.6) is 0 Å². The third-order valence-electron chi connectivity index (χ3n) is 3.36. The van der Waals surface area contributed by atoms with Gasteiger partial charge in [-0.15, -0.1) is 10.2 Å². The second kappa shape index (κ2) is 7.70. The number of ether oxygens (including phenoxy) is 1. The number of anilines is 1. The molecule has 0 amide bonds. The number of oxazole rings is 1. The van der Waals surface area contributed by atoms with E-state index in [1.807, 2.05) is 6.92 Å². The van der Waals surface area contributed by atoms with Gasteiger partial charge in [0, 0.05) is 6.07 Å². The van der Waals surface area contributed by atoms with Gasteiger partial charge in [0.05, 0.1) is 17.5 Å². The molecule has 0 aliphatic carbocycles. The fourth-order valence-electron chi connectivity index (χ4n) is 2.16. The number of aromatic nitrogens is 3. The van der Waals surface area contributed by atoms with E-state index in [2.05, 4.69) is 19.7 Å². The van der Waals surface area contributed by atoms with Crippen LogP contribution in [-0.4, -0.2) is 42.0 Å². The summed E-state index contributed by atoms with van der Waals surface area (Å²) < 4.78 is 38.7. The van der Waals surface area contributed by atoms with E-state index in [1.165, 1.54) is 37.1 Å². The minimum atomic E-state index is -3.95. The fraction of sp³-hybridized carbons (Fsp3) is 0.286. The van der Waals surface area contributed by atoms with Crippen LogP contribution in [0.4, 0.5) is 5.13 Å². The van der Waals surface area contributed by atoms with Crippen LogP contribution in [0, 0.1) is 0 Å². The van der Waals surface area contributed by atoms with Gasteiger partial charge >= 0.3 is 11.7 Å². The van der Waals surface area contributed by atoms with E-state index in [0.29, 0.717) is 4.34 Å². The predicted molar refractivity (Wildman–Crippen MR) is 99.6 cm³/mol. The van der Waals surface area contributed by atoms with Crippen molar-refractivity contribution in [2.75, 3.05) is 17.6 Å². The van der Waals surface area contributed by atoms with Crippen molar-refractivity contribution in [1.82, 2.24) is 14.8 Å². The maximum atomic E-state index is 12.5. The average Bonchev–Trinajstić information content (AvgIpc) is 3.18. The molecule has 0 bridgehead atoms. The van der Waals surface area contributed by atoms with Crippen molar-refractivity contribution < 1.29 is 22.4 Å². The van der Waals surface area contributed by atoms with Gasteiger partial charge < -0.3 is 9.15 Å². The van der Waals surface area contributed by atoms with E-state index in [9.17, 15) is 18.0 Å². The Bertz CT molecular complexity index is 1150. The van der Waals surface area contributed by atoms with E-state index < -0.39 is 21.7 Å². The summed E-state index contributed by atoms with van der Waals surface area (Å²) in [5.74, 6) is -0.627. The molecule has 0 atom stereocenters. The summed E-state index contributed by atoms with van der Waals surface area (Å²) in [4.78, 5) is 23.2. The highest BCUT2D eigenvalue weighted by Crippen LogP contribution is 2.27. The van der Waals surface area contributed by atoms with Crippen LogP contribution in [0.1, 0.15) is 6.92 Å². The number of nitrogens with zero attached hydrogens (tertiary/aromatic N) is 3. The normalized spacial score (nSPS) is 11.6. The molecule has 27 heavy (non-hydrogen) atoms. The lowest BCUT2D eigenvalue weighted by molar-refractivity contribution is -0.141. The first kappa shape index (κ1) is 19.4. The molecule has 2 heterocycles. The number of nitrogens with one attached hydrogen (secondary N) is 1. The molecule has 3 rings (SSSR count). The molecule has 13 heteroatoms. The molecule has 144 valence electrons. The molecular formula is C14H14N4O6S3. The van der Waals surface area contributed by atoms with Crippen molar-refractivity contribution in [1.29, 1.82) is 0 Å². The van der Waals surface area contributed by atoms with Crippen molar-refractivity contribution >= 4 is 55.3 Å². The lowest BCUT2D eigenvalue weighted by Gasteiger charge is -2.05. The Morgan fingerprint density at radius 2 is 2.19 bits per heavy atom. The zero-order valence-corrected chi connectivity index (χ0v) is 16.6. The maximum Gasteiger partial charge on any atom is 0.420 e. The third-order valence-corrected chi connectivity index (χ3v) is 6.68. The van der Waals surface area contributed by atoms with Gasteiger partial charge in [-0.25, -0.2) is 13.2 Å².